The molecule has 0 aliphatic heterocycles. The lowest BCUT2D eigenvalue weighted by Gasteiger charge is -2.28. The normalized spacial score (nSPS) is 24.8. The number of carbonyl (C=O) groups is 1. The first kappa shape index (κ1) is 18.1. The summed E-state index contributed by atoms with van der Waals surface area (Å²) in [7, 11) is 0. The maximum atomic E-state index is 12.6. The third-order valence-electron chi connectivity index (χ3n) is 6.35. The summed E-state index contributed by atoms with van der Waals surface area (Å²) in [6.45, 7) is 6.52. The highest BCUT2D eigenvalue weighted by molar-refractivity contribution is 5.92. The number of rotatable bonds is 6. The van der Waals surface area contributed by atoms with Crippen molar-refractivity contribution in [2.75, 3.05) is 0 Å². The standard InChI is InChI=1S/C22H29N3O2/c1-14-4-7-21(15(2)10-14)27-13-25-9-8-20(24-25)22(26)23-16(3)19-12-17-5-6-18(19)11-17/h4,7-10,16-19H,5-6,11-13H2,1-3H3,(H,23,26). The second kappa shape index (κ2) is 7.37. The Hall–Kier alpha value is -2.30. The smallest absolute Gasteiger partial charge is 0.271 e. The number of carbonyl (C=O) groups excluding carboxylic acids is 1. The van der Waals surface area contributed by atoms with Crippen LogP contribution in [-0.4, -0.2) is 21.7 Å². The SMILES string of the molecule is Cc1ccc(OCn2ccc(C(=O)NC(C)C3CC4CCC3C4)n2)c(C)c1. The van der Waals surface area contributed by atoms with Gasteiger partial charge in [0.25, 0.3) is 5.91 Å². The van der Waals surface area contributed by atoms with Crippen molar-refractivity contribution in [2.24, 2.45) is 17.8 Å². The molecule has 1 aromatic carbocycles. The number of hydrogen-bond acceptors (Lipinski definition) is 3. The molecule has 2 fully saturated rings. The van der Waals surface area contributed by atoms with Crippen molar-refractivity contribution < 1.29 is 9.53 Å². The van der Waals surface area contributed by atoms with E-state index >= 15 is 0 Å². The molecule has 1 heterocycles. The van der Waals surface area contributed by atoms with Crippen molar-refractivity contribution in [3.8, 4) is 5.75 Å². The first-order valence-corrected chi connectivity index (χ1v) is 10.0. The van der Waals surface area contributed by atoms with Crippen molar-refractivity contribution in [1.29, 1.82) is 0 Å². The van der Waals surface area contributed by atoms with Crippen LogP contribution in [0.1, 0.15) is 54.2 Å². The molecule has 1 amide bonds. The van der Waals surface area contributed by atoms with E-state index in [9.17, 15) is 4.79 Å². The van der Waals surface area contributed by atoms with Crippen LogP contribution in [0.2, 0.25) is 0 Å². The van der Waals surface area contributed by atoms with E-state index in [0.717, 1.165) is 23.1 Å². The van der Waals surface area contributed by atoms with Crippen LogP contribution in [0.5, 0.6) is 5.75 Å². The molecular weight excluding hydrogens is 338 g/mol. The minimum Gasteiger partial charge on any atom is -0.471 e. The molecule has 4 rings (SSSR count). The number of nitrogens with one attached hydrogen (secondary N) is 1. The van der Waals surface area contributed by atoms with Gasteiger partial charge in [-0.05, 0) is 75.5 Å². The zero-order chi connectivity index (χ0) is 19.0. The molecule has 0 spiro atoms. The Kier molecular flexibility index (Phi) is 4.94. The summed E-state index contributed by atoms with van der Waals surface area (Å²) in [5.74, 6) is 3.07. The average molecular weight is 367 g/mol. The van der Waals surface area contributed by atoms with Crippen LogP contribution in [0.15, 0.2) is 30.5 Å². The van der Waals surface area contributed by atoms with Crippen LogP contribution in [0, 0.1) is 31.6 Å². The highest BCUT2D eigenvalue weighted by Crippen LogP contribution is 2.49. The first-order chi connectivity index (χ1) is 13.0. The van der Waals surface area contributed by atoms with Crippen molar-refractivity contribution >= 4 is 5.91 Å². The lowest BCUT2D eigenvalue weighted by atomic mass is 9.84. The zero-order valence-corrected chi connectivity index (χ0v) is 16.4. The number of nitrogens with zero attached hydrogens (tertiary/aromatic N) is 2. The molecule has 4 unspecified atom stereocenters. The fourth-order valence-corrected chi connectivity index (χ4v) is 4.95. The van der Waals surface area contributed by atoms with Crippen molar-refractivity contribution in [3.63, 3.8) is 0 Å². The zero-order valence-electron chi connectivity index (χ0n) is 16.4. The second-order valence-electron chi connectivity index (χ2n) is 8.38. The predicted molar refractivity (Wildman–Crippen MR) is 105 cm³/mol. The second-order valence-corrected chi connectivity index (χ2v) is 8.38. The maximum absolute atomic E-state index is 12.6. The summed E-state index contributed by atoms with van der Waals surface area (Å²) in [6.07, 6.45) is 7.13. The summed E-state index contributed by atoms with van der Waals surface area (Å²) in [5.41, 5.74) is 2.76. The van der Waals surface area contributed by atoms with E-state index in [0.29, 0.717) is 18.3 Å². The van der Waals surface area contributed by atoms with Crippen molar-refractivity contribution in [1.82, 2.24) is 15.1 Å². The number of ether oxygens (including phenoxy) is 1. The lowest BCUT2D eigenvalue weighted by Crippen LogP contribution is -2.40. The number of benzene rings is 1. The van der Waals surface area contributed by atoms with Gasteiger partial charge in [0.05, 0.1) is 0 Å². The van der Waals surface area contributed by atoms with E-state index < -0.39 is 0 Å². The molecule has 1 aromatic heterocycles. The topological polar surface area (TPSA) is 56.1 Å². The third kappa shape index (κ3) is 3.87. The fraction of sp³-hybridized carbons (Fsp3) is 0.545. The van der Waals surface area contributed by atoms with Gasteiger partial charge in [-0.25, -0.2) is 4.68 Å². The van der Waals surface area contributed by atoms with Crippen molar-refractivity contribution in [3.05, 3.63) is 47.3 Å². The number of fused-ring (bicyclic) bond motifs is 2. The van der Waals surface area contributed by atoms with Gasteiger partial charge in [0.15, 0.2) is 6.73 Å². The number of aryl methyl sites for hydroxylation is 2. The Balaban J connectivity index is 1.32. The van der Waals surface area contributed by atoms with Gasteiger partial charge >= 0.3 is 0 Å². The fourth-order valence-electron chi connectivity index (χ4n) is 4.95. The molecule has 2 aliphatic rings. The van der Waals surface area contributed by atoms with Gasteiger partial charge in [0.2, 0.25) is 0 Å². The molecule has 2 aliphatic carbocycles. The molecule has 5 nitrogen and oxygen atoms in total. The Labute approximate surface area is 161 Å². The van der Waals surface area contributed by atoms with Gasteiger partial charge in [0.1, 0.15) is 11.4 Å². The molecule has 2 aromatic rings. The summed E-state index contributed by atoms with van der Waals surface area (Å²) in [5, 5.41) is 7.55. The molecule has 1 N–H and O–H groups in total. The summed E-state index contributed by atoms with van der Waals surface area (Å²) < 4.78 is 7.50. The molecule has 4 atom stereocenters. The average Bonchev–Trinajstić information content (AvgIpc) is 3.37. The van der Waals surface area contributed by atoms with E-state index in [-0.39, 0.29) is 11.9 Å². The molecule has 2 bridgehead atoms. The van der Waals surface area contributed by atoms with Crippen LogP contribution < -0.4 is 10.1 Å². The van der Waals surface area contributed by atoms with Gasteiger partial charge in [-0.15, -0.1) is 0 Å². The Morgan fingerprint density at radius 2 is 2.15 bits per heavy atom. The van der Waals surface area contributed by atoms with Crippen LogP contribution >= 0.6 is 0 Å². The Morgan fingerprint density at radius 3 is 2.85 bits per heavy atom. The molecule has 2 saturated carbocycles. The Morgan fingerprint density at radius 1 is 1.30 bits per heavy atom. The van der Waals surface area contributed by atoms with Gasteiger partial charge in [-0.3, -0.25) is 4.79 Å². The van der Waals surface area contributed by atoms with Crippen LogP contribution in [0.3, 0.4) is 0 Å². The van der Waals surface area contributed by atoms with E-state index in [1.54, 1.807) is 16.9 Å². The van der Waals surface area contributed by atoms with Crippen LogP contribution in [0.25, 0.3) is 0 Å². The first-order valence-electron chi connectivity index (χ1n) is 10.0. The Bertz CT molecular complexity index is 829. The lowest BCUT2D eigenvalue weighted by molar-refractivity contribution is 0.0908. The van der Waals surface area contributed by atoms with Gasteiger partial charge in [0, 0.05) is 12.2 Å². The summed E-state index contributed by atoms with van der Waals surface area (Å²) >= 11 is 0. The highest BCUT2D eigenvalue weighted by atomic mass is 16.5. The molecule has 0 saturated heterocycles. The largest absolute Gasteiger partial charge is 0.471 e. The van der Waals surface area contributed by atoms with E-state index in [4.69, 9.17) is 4.74 Å². The number of hydrogen-bond donors (Lipinski definition) is 1. The monoisotopic (exact) mass is 367 g/mol. The van der Waals surface area contributed by atoms with E-state index in [1.165, 1.54) is 31.2 Å². The summed E-state index contributed by atoms with van der Waals surface area (Å²) in [4.78, 5) is 12.6. The molecule has 144 valence electrons. The number of amides is 1. The van der Waals surface area contributed by atoms with Crippen LogP contribution in [0.4, 0.5) is 0 Å². The minimum atomic E-state index is -0.0875. The highest BCUT2D eigenvalue weighted by Gasteiger charge is 2.42. The van der Waals surface area contributed by atoms with Crippen LogP contribution in [-0.2, 0) is 6.73 Å². The maximum Gasteiger partial charge on any atom is 0.271 e. The van der Waals surface area contributed by atoms with E-state index in [1.807, 2.05) is 19.1 Å². The van der Waals surface area contributed by atoms with E-state index in [2.05, 4.69) is 30.3 Å². The molecular formula is C22H29N3O2. The molecule has 27 heavy (non-hydrogen) atoms. The van der Waals surface area contributed by atoms with Gasteiger partial charge in [-0.2, -0.15) is 5.10 Å². The third-order valence-corrected chi connectivity index (χ3v) is 6.35. The van der Waals surface area contributed by atoms with Gasteiger partial charge < -0.3 is 10.1 Å². The minimum absolute atomic E-state index is 0.0875. The number of aromatic nitrogens is 2. The molecule has 5 heteroatoms. The van der Waals surface area contributed by atoms with Gasteiger partial charge in [-0.1, -0.05) is 24.1 Å². The summed E-state index contributed by atoms with van der Waals surface area (Å²) in [6, 6.07) is 8.06. The molecule has 0 radical (unpaired) electrons. The van der Waals surface area contributed by atoms with Crippen molar-refractivity contribution in [2.45, 2.75) is 59.2 Å². The predicted octanol–water partition coefficient (Wildman–Crippen LogP) is 4.09. The quantitative estimate of drug-likeness (QED) is 0.837.